The lowest BCUT2D eigenvalue weighted by atomic mass is 9.50. The van der Waals surface area contributed by atoms with Crippen LogP contribution in [0.25, 0.3) is 0 Å². The lowest BCUT2D eigenvalue weighted by molar-refractivity contribution is -0.138. The average Bonchev–Trinajstić information content (AvgIpc) is 3.71. The van der Waals surface area contributed by atoms with E-state index in [9.17, 15) is 14.7 Å². The van der Waals surface area contributed by atoms with Crippen LogP contribution in [0.5, 0.6) is 17.2 Å². The highest BCUT2D eigenvalue weighted by atomic mass is 16.5. The number of amides is 1. The number of phenols is 1. The molecule has 0 radical (unpaired) electrons. The molecule has 1 saturated heterocycles. The van der Waals surface area contributed by atoms with Gasteiger partial charge in [0, 0.05) is 60.1 Å². The van der Waals surface area contributed by atoms with Gasteiger partial charge in [0.15, 0.2) is 11.5 Å². The molecule has 3 aliphatic carbocycles. The van der Waals surface area contributed by atoms with Crippen molar-refractivity contribution in [3.05, 3.63) is 52.6 Å². The van der Waals surface area contributed by atoms with Gasteiger partial charge in [0.25, 0.3) is 5.91 Å². The number of benzene rings is 2. The minimum absolute atomic E-state index is 0.0103. The topological polar surface area (TPSA) is 79.3 Å². The summed E-state index contributed by atoms with van der Waals surface area (Å²) in [5.74, 6) is 7.85. The molecule has 2 bridgehead atoms. The van der Waals surface area contributed by atoms with Crippen LogP contribution >= 0.6 is 0 Å². The molecular formula is C36H42N2O5. The molecule has 7 heteroatoms. The number of likely N-dealkylation sites (tertiary alicyclic amines) is 1. The first-order valence-corrected chi connectivity index (χ1v) is 16.0. The van der Waals surface area contributed by atoms with E-state index in [-0.39, 0.29) is 35.1 Å². The Morgan fingerprint density at radius 3 is 2.74 bits per heavy atom. The van der Waals surface area contributed by atoms with E-state index >= 15 is 0 Å². The van der Waals surface area contributed by atoms with Crippen LogP contribution in [0.4, 0.5) is 0 Å². The summed E-state index contributed by atoms with van der Waals surface area (Å²) in [6, 6.07) is 9.61. The zero-order chi connectivity index (χ0) is 30.0. The molecule has 0 unspecified atom stereocenters. The fourth-order valence-corrected chi connectivity index (χ4v) is 8.76. The van der Waals surface area contributed by atoms with Crippen molar-refractivity contribution < 1.29 is 24.2 Å². The van der Waals surface area contributed by atoms with Gasteiger partial charge in [-0.1, -0.05) is 31.9 Å². The smallest absolute Gasteiger partial charge is 0.308 e. The van der Waals surface area contributed by atoms with Gasteiger partial charge in [-0.3, -0.25) is 14.5 Å². The van der Waals surface area contributed by atoms with Crippen LogP contribution in [0.3, 0.4) is 0 Å². The summed E-state index contributed by atoms with van der Waals surface area (Å²) in [5, 5.41) is 11.3. The number of esters is 1. The molecule has 2 heterocycles. The molecule has 0 aromatic heterocycles. The maximum atomic E-state index is 13.9. The van der Waals surface area contributed by atoms with E-state index in [0.29, 0.717) is 30.0 Å². The van der Waals surface area contributed by atoms with Crippen LogP contribution in [0.2, 0.25) is 0 Å². The maximum Gasteiger partial charge on any atom is 0.308 e. The van der Waals surface area contributed by atoms with Crippen molar-refractivity contribution >= 4 is 11.9 Å². The van der Waals surface area contributed by atoms with E-state index in [1.807, 2.05) is 36.1 Å². The second-order valence-electron chi connectivity index (χ2n) is 13.9. The van der Waals surface area contributed by atoms with Crippen molar-refractivity contribution in [2.75, 3.05) is 19.6 Å². The largest absolute Gasteiger partial charge is 0.504 e. The summed E-state index contributed by atoms with van der Waals surface area (Å²) in [7, 11) is 0. The third-order valence-electron chi connectivity index (χ3n) is 10.5. The molecule has 2 saturated carbocycles. The number of carbonyl (C=O) groups is 2. The van der Waals surface area contributed by atoms with Crippen LogP contribution < -0.4 is 9.47 Å². The van der Waals surface area contributed by atoms with Crippen LogP contribution in [-0.4, -0.2) is 64.6 Å². The Kier molecular flexibility index (Phi) is 6.97. The number of carbonyl (C=O) groups excluding carboxylic acids is 2. The maximum absolute atomic E-state index is 13.9. The molecule has 1 N–H and O–H groups in total. The first-order chi connectivity index (χ1) is 20.7. The first kappa shape index (κ1) is 28.3. The molecular weight excluding hydrogens is 540 g/mol. The monoisotopic (exact) mass is 582 g/mol. The minimum Gasteiger partial charge on any atom is -0.504 e. The van der Waals surface area contributed by atoms with Crippen molar-refractivity contribution in [2.24, 2.45) is 17.8 Å². The number of nitrogens with zero attached hydrogens (tertiary/aromatic N) is 2. The number of rotatable bonds is 6. The lowest BCUT2D eigenvalue weighted by Gasteiger charge is -2.60. The van der Waals surface area contributed by atoms with Crippen molar-refractivity contribution in [1.29, 1.82) is 0 Å². The fourth-order valence-electron chi connectivity index (χ4n) is 8.76. The molecule has 2 aliphatic heterocycles. The van der Waals surface area contributed by atoms with Gasteiger partial charge in [-0.2, -0.15) is 0 Å². The van der Waals surface area contributed by atoms with Crippen molar-refractivity contribution in [3.63, 3.8) is 0 Å². The third-order valence-corrected chi connectivity index (χ3v) is 10.5. The minimum atomic E-state index is -0.395. The Labute approximate surface area is 254 Å². The highest BCUT2D eigenvalue weighted by molar-refractivity contribution is 5.94. The van der Waals surface area contributed by atoms with E-state index < -0.39 is 5.97 Å². The second-order valence-corrected chi connectivity index (χ2v) is 13.9. The van der Waals surface area contributed by atoms with Gasteiger partial charge in [-0.05, 0) is 87.4 Å². The Bertz CT molecular complexity index is 1530. The molecule has 226 valence electrons. The zero-order valence-corrected chi connectivity index (χ0v) is 25.7. The molecule has 43 heavy (non-hydrogen) atoms. The van der Waals surface area contributed by atoms with Gasteiger partial charge >= 0.3 is 5.97 Å². The predicted molar refractivity (Wildman–Crippen MR) is 163 cm³/mol. The van der Waals surface area contributed by atoms with Crippen LogP contribution in [0, 0.1) is 36.5 Å². The quantitative estimate of drug-likeness (QED) is 0.294. The molecule has 5 atom stereocenters. The summed E-state index contributed by atoms with van der Waals surface area (Å²) in [6.07, 6.45) is 5.78. The Hall–Kier alpha value is -3.50. The van der Waals surface area contributed by atoms with Gasteiger partial charge in [0.05, 0.1) is 6.04 Å². The van der Waals surface area contributed by atoms with E-state index in [0.717, 1.165) is 66.9 Å². The number of hydrogen-bond donors (Lipinski definition) is 1. The number of phenolic OH excluding ortho intramolecular Hbond substituents is 1. The predicted octanol–water partition coefficient (Wildman–Crippen LogP) is 4.98. The number of hydrogen-bond acceptors (Lipinski definition) is 6. The number of aromatic hydroxyl groups is 1. The van der Waals surface area contributed by atoms with Gasteiger partial charge in [-0.15, -0.1) is 0 Å². The first-order valence-electron chi connectivity index (χ1n) is 16.0. The summed E-state index contributed by atoms with van der Waals surface area (Å²) in [6.45, 7) is 10.3. The van der Waals surface area contributed by atoms with Gasteiger partial charge < -0.3 is 19.5 Å². The zero-order valence-electron chi connectivity index (χ0n) is 25.7. The van der Waals surface area contributed by atoms with Crippen molar-refractivity contribution in [1.82, 2.24) is 9.80 Å². The normalized spacial score (nSPS) is 28.4. The van der Waals surface area contributed by atoms with E-state index in [4.69, 9.17) is 9.47 Å². The Morgan fingerprint density at radius 2 is 2.02 bits per heavy atom. The summed E-state index contributed by atoms with van der Waals surface area (Å²) >= 11 is 0. The molecule has 5 aliphatic rings. The third kappa shape index (κ3) is 4.79. The molecule has 1 amide bonds. The van der Waals surface area contributed by atoms with Gasteiger partial charge in [0.1, 0.15) is 11.9 Å². The summed E-state index contributed by atoms with van der Waals surface area (Å²) in [5.41, 5.74) is 3.60. The van der Waals surface area contributed by atoms with E-state index in [1.165, 1.54) is 19.8 Å². The SMILES string of the molecule is CC(=O)Oc1cc(O)c2c3c1C[C@@H]1[C@@H]4CC[C@H](N(CC(C)C)C(=O)C#Cc5cccc(C)c5)[C@H](O2)[C@]34CCN1CC1CC1. The molecule has 7 nitrogen and oxygen atoms in total. The average molecular weight is 583 g/mol. The lowest BCUT2D eigenvalue weighted by Crippen LogP contribution is -2.69. The Balaban J connectivity index is 1.30. The molecule has 7 rings (SSSR count). The summed E-state index contributed by atoms with van der Waals surface area (Å²) in [4.78, 5) is 30.7. The standard InChI is InChI=1S/C36H42N2O5/c1-21(2)19-38(32(41)13-10-24-7-5-6-22(3)16-24)28-12-11-27-29-17-26-31(42-23(4)39)18-30(40)34-33(26)36(27,35(28)43-34)14-15-37(29)20-25-8-9-25/h5-7,16,18,21,25,27-29,35,40H,8-9,11-12,14-15,17,19-20H2,1-4H3/t27-,28-,29+,35-,36-/m0/s1. The number of piperidine rings is 1. The molecule has 1 spiro atoms. The molecule has 3 fully saturated rings. The van der Waals surface area contributed by atoms with Gasteiger partial charge in [0.2, 0.25) is 0 Å². The second kappa shape index (κ2) is 10.6. The fraction of sp³-hybridized carbons (Fsp3) is 0.556. The van der Waals surface area contributed by atoms with Crippen LogP contribution in [-0.2, 0) is 21.4 Å². The van der Waals surface area contributed by atoms with E-state index in [1.54, 1.807) is 6.07 Å². The van der Waals surface area contributed by atoms with Crippen LogP contribution in [0.1, 0.15) is 75.1 Å². The van der Waals surface area contributed by atoms with Gasteiger partial charge in [-0.25, -0.2) is 0 Å². The number of aryl methyl sites for hydroxylation is 1. The highest BCUT2D eigenvalue weighted by Crippen LogP contribution is 2.65. The summed E-state index contributed by atoms with van der Waals surface area (Å²) < 4.78 is 12.6. The molecule has 2 aromatic rings. The highest BCUT2D eigenvalue weighted by Gasteiger charge is 2.67. The van der Waals surface area contributed by atoms with E-state index in [2.05, 4.69) is 30.6 Å². The molecule has 2 aromatic carbocycles. The van der Waals surface area contributed by atoms with Crippen molar-refractivity contribution in [3.8, 4) is 29.1 Å². The Morgan fingerprint density at radius 1 is 1.21 bits per heavy atom. The van der Waals surface area contributed by atoms with Crippen molar-refractivity contribution in [2.45, 2.75) is 89.8 Å². The van der Waals surface area contributed by atoms with Crippen LogP contribution in [0.15, 0.2) is 30.3 Å². The number of ether oxygens (including phenoxy) is 2.